The van der Waals surface area contributed by atoms with Crippen molar-refractivity contribution in [1.82, 2.24) is 24.5 Å². The minimum atomic E-state index is -0.258. The molecule has 4 aromatic rings. The molecule has 1 aliphatic heterocycles. The number of nitrogens with zero attached hydrogens (tertiary/aromatic N) is 4. The summed E-state index contributed by atoms with van der Waals surface area (Å²) in [4.78, 5) is 16.7. The van der Waals surface area contributed by atoms with Crippen LogP contribution < -0.4 is 5.32 Å². The van der Waals surface area contributed by atoms with Crippen LogP contribution in [-0.2, 0) is 17.8 Å². The Hall–Kier alpha value is -3.39. The van der Waals surface area contributed by atoms with Crippen LogP contribution in [-0.4, -0.2) is 38.3 Å². The van der Waals surface area contributed by atoms with Crippen LogP contribution in [0.2, 0.25) is 0 Å². The molecule has 5 rings (SSSR count). The lowest BCUT2D eigenvalue weighted by atomic mass is 9.89. The minimum Gasteiger partial charge on any atom is -0.451 e. The number of furan rings is 1. The van der Waals surface area contributed by atoms with Gasteiger partial charge in [-0.15, -0.1) is 0 Å². The van der Waals surface area contributed by atoms with Crippen molar-refractivity contribution in [3.8, 4) is 11.3 Å². The van der Waals surface area contributed by atoms with E-state index in [2.05, 4.69) is 22.3 Å². The van der Waals surface area contributed by atoms with Crippen LogP contribution in [0.5, 0.6) is 0 Å². The van der Waals surface area contributed by atoms with Gasteiger partial charge in [0.1, 0.15) is 11.4 Å². The molecule has 1 saturated heterocycles. The summed E-state index contributed by atoms with van der Waals surface area (Å²) >= 11 is 0. The van der Waals surface area contributed by atoms with E-state index < -0.39 is 0 Å². The van der Waals surface area contributed by atoms with Gasteiger partial charge in [0.2, 0.25) is 0 Å². The second kappa shape index (κ2) is 6.89. The predicted octanol–water partition coefficient (Wildman–Crippen LogP) is 2.76. The third kappa shape index (κ3) is 3.54. The average molecular weight is 391 g/mol. The SMILES string of the molecule is CC1(Cn2cc(-c3ccc(C(=O)NCc4ccn5ccnc5c4)o3)cn2)COC1. The molecule has 0 saturated carbocycles. The maximum Gasteiger partial charge on any atom is 0.287 e. The molecule has 5 heterocycles. The van der Waals surface area contributed by atoms with Crippen molar-refractivity contribution in [3.05, 3.63) is 66.6 Å². The smallest absolute Gasteiger partial charge is 0.287 e. The summed E-state index contributed by atoms with van der Waals surface area (Å²) < 4.78 is 14.9. The zero-order valence-corrected chi connectivity index (χ0v) is 16.0. The largest absolute Gasteiger partial charge is 0.451 e. The summed E-state index contributed by atoms with van der Waals surface area (Å²) in [5, 5.41) is 7.29. The van der Waals surface area contributed by atoms with Gasteiger partial charge in [-0.25, -0.2) is 4.98 Å². The summed E-state index contributed by atoms with van der Waals surface area (Å²) in [6.45, 7) is 4.87. The monoisotopic (exact) mass is 391 g/mol. The van der Waals surface area contributed by atoms with Gasteiger partial charge < -0.3 is 18.9 Å². The molecule has 0 radical (unpaired) electrons. The van der Waals surface area contributed by atoms with Crippen molar-refractivity contribution in [1.29, 1.82) is 0 Å². The Kier molecular flexibility index (Phi) is 4.21. The molecule has 1 N–H and O–H groups in total. The van der Waals surface area contributed by atoms with E-state index >= 15 is 0 Å². The second-order valence-electron chi connectivity index (χ2n) is 7.80. The molecule has 8 heteroatoms. The van der Waals surface area contributed by atoms with E-state index in [0.29, 0.717) is 12.3 Å². The van der Waals surface area contributed by atoms with Crippen molar-refractivity contribution in [2.45, 2.75) is 20.0 Å². The van der Waals surface area contributed by atoms with E-state index in [1.165, 1.54) is 0 Å². The van der Waals surface area contributed by atoms with Crippen molar-refractivity contribution in [2.75, 3.05) is 13.2 Å². The number of hydrogen-bond donors (Lipinski definition) is 1. The fourth-order valence-electron chi connectivity index (χ4n) is 3.46. The molecule has 29 heavy (non-hydrogen) atoms. The number of rotatable bonds is 6. The van der Waals surface area contributed by atoms with Crippen molar-refractivity contribution in [2.24, 2.45) is 5.41 Å². The maximum atomic E-state index is 12.5. The summed E-state index contributed by atoms with van der Waals surface area (Å²) in [5.41, 5.74) is 2.80. The number of nitrogens with one attached hydrogen (secondary N) is 1. The molecule has 0 bridgehead atoms. The van der Waals surface area contributed by atoms with Gasteiger partial charge >= 0.3 is 0 Å². The zero-order valence-electron chi connectivity index (χ0n) is 16.0. The summed E-state index contributed by atoms with van der Waals surface area (Å²) in [5.74, 6) is 0.634. The summed E-state index contributed by atoms with van der Waals surface area (Å²) in [6.07, 6.45) is 9.23. The molecular formula is C21H21N5O3. The van der Waals surface area contributed by atoms with E-state index in [1.54, 1.807) is 24.5 Å². The van der Waals surface area contributed by atoms with Crippen LogP contribution in [0, 0.1) is 5.41 Å². The van der Waals surface area contributed by atoms with Gasteiger partial charge in [0.15, 0.2) is 5.76 Å². The molecule has 148 valence electrons. The standard InChI is InChI=1S/C21H21N5O3/c1-21(13-28-14-21)12-26-11-16(10-24-26)17-2-3-18(29-17)20(27)23-9-15-4-6-25-7-5-22-19(25)8-15/h2-8,10-11H,9,12-14H2,1H3,(H,23,27). The third-order valence-electron chi connectivity index (χ3n) is 5.11. The number of imidazole rings is 1. The first-order valence-electron chi connectivity index (χ1n) is 9.48. The van der Waals surface area contributed by atoms with Crippen LogP contribution in [0.15, 0.2) is 59.7 Å². The van der Waals surface area contributed by atoms with Crippen molar-refractivity contribution in [3.63, 3.8) is 0 Å². The van der Waals surface area contributed by atoms with Gasteiger partial charge in [0.05, 0.1) is 31.5 Å². The molecule has 0 atom stereocenters. The van der Waals surface area contributed by atoms with Gasteiger partial charge in [-0.3, -0.25) is 9.48 Å². The molecule has 1 amide bonds. The quantitative estimate of drug-likeness (QED) is 0.546. The highest BCUT2D eigenvalue weighted by molar-refractivity contribution is 5.92. The maximum absolute atomic E-state index is 12.5. The predicted molar refractivity (Wildman–Crippen MR) is 105 cm³/mol. The van der Waals surface area contributed by atoms with E-state index in [0.717, 1.165) is 36.5 Å². The van der Waals surface area contributed by atoms with Gasteiger partial charge in [-0.1, -0.05) is 6.92 Å². The van der Waals surface area contributed by atoms with Crippen molar-refractivity contribution >= 4 is 11.6 Å². The lowest BCUT2D eigenvalue weighted by molar-refractivity contribution is -0.111. The van der Waals surface area contributed by atoms with E-state index in [-0.39, 0.29) is 17.1 Å². The molecule has 1 fully saturated rings. The Morgan fingerprint density at radius 1 is 1.28 bits per heavy atom. The van der Waals surface area contributed by atoms with Crippen LogP contribution in [0.25, 0.3) is 17.0 Å². The lowest BCUT2D eigenvalue weighted by Crippen LogP contribution is -2.43. The molecule has 0 unspecified atom stereocenters. The number of carbonyl (C=O) groups excluding carboxylic acids is 1. The highest BCUT2D eigenvalue weighted by Crippen LogP contribution is 2.29. The Morgan fingerprint density at radius 2 is 2.17 bits per heavy atom. The highest BCUT2D eigenvalue weighted by atomic mass is 16.5. The number of carbonyl (C=O) groups is 1. The number of fused-ring (bicyclic) bond motifs is 1. The van der Waals surface area contributed by atoms with Crippen LogP contribution >= 0.6 is 0 Å². The number of pyridine rings is 1. The van der Waals surface area contributed by atoms with E-state index in [1.807, 2.05) is 39.8 Å². The molecular weight excluding hydrogens is 370 g/mol. The lowest BCUT2D eigenvalue weighted by Gasteiger charge is -2.37. The summed E-state index contributed by atoms with van der Waals surface area (Å²) in [7, 11) is 0. The van der Waals surface area contributed by atoms with Gasteiger partial charge in [-0.05, 0) is 29.8 Å². The Labute approximate surface area is 167 Å². The van der Waals surface area contributed by atoms with Gasteiger partial charge in [0.25, 0.3) is 5.91 Å². The summed E-state index contributed by atoms with van der Waals surface area (Å²) in [6, 6.07) is 7.36. The van der Waals surface area contributed by atoms with Crippen LogP contribution in [0.1, 0.15) is 23.0 Å². The molecule has 1 aliphatic rings. The molecule has 8 nitrogen and oxygen atoms in total. The van der Waals surface area contributed by atoms with Gasteiger partial charge in [-0.2, -0.15) is 5.10 Å². The number of amides is 1. The van der Waals surface area contributed by atoms with E-state index in [9.17, 15) is 4.79 Å². The number of ether oxygens (including phenoxy) is 1. The molecule has 0 spiro atoms. The van der Waals surface area contributed by atoms with Crippen LogP contribution in [0.3, 0.4) is 0 Å². The second-order valence-corrected chi connectivity index (χ2v) is 7.80. The van der Waals surface area contributed by atoms with Crippen molar-refractivity contribution < 1.29 is 13.9 Å². The molecule has 4 aromatic heterocycles. The zero-order chi connectivity index (χ0) is 19.8. The normalized spacial score (nSPS) is 15.3. The first-order chi connectivity index (χ1) is 14.1. The number of aromatic nitrogens is 4. The van der Waals surface area contributed by atoms with Gasteiger partial charge in [0, 0.05) is 36.7 Å². The third-order valence-corrected chi connectivity index (χ3v) is 5.11. The van der Waals surface area contributed by atoms with Crippen LogP contribution in [0.4, 0.5) is 0 Å². The highest BCUT2D eigenvalue weighted by Gasteiger charge is 2.34. The molecule has 0 aromatic carbocycles. The Balaban J connectivity index is 1.23. The fourth-order valence-corrected chi connectivity index (χ4v) is 3.46. The fraction of sp³-hybridized carbons (Fsp3) is 0.286. The average Bonchev–Trinajstić information content (AvgIpc) is 3.44. The number of hydrogen-bond acceptors (Lipinski definition) is 5. The topological polar surface area (TPSA) is 86.6 Å². The minimum absolute atomic E-state index is 0.136. The molecule has 0 aliphatic carbocycles. The first kappa shape index (κ1) is 17.7. The van der Waals surface area contributed by atoms with E-state index in [4.69, 9.17) is 9.15 Å². The Bertz CT molecular complexity index is 1170. The first-order valence-corrected chi connectivity index (χ1v) is 9.48. The Morgan fingerprint density at radius 3 is 3.00 bits per heavy atom.